The number of carbonyl (C=O) groups excluding carboxylic acids is 1. The predicted octanol–water partition coefficient (Wildman–Crippen LogP) is 0.429. The van der Waals surface area contributed by atoms with E-state index in [-0.39, 0.29) is 38.6 Å². The van der Waals surface area contributed by atoms with Gasteiger partial charge in [-0.15, -0.1) is 0 Å². The molecule has 5 heteroatoms. The van der Waals surface area contributed by atoms with Crippen LogP contribution in [0, 0.1) is 11.8 Å². The molecule has 0 saturated carbocycles. The molecule has 1 N–H and O–H groups in total. The Kier molecular flexibility index (Phi) is 7.75. The number of nitrogens with zero attached hydrogens (tertiary/aromatic N) is 1. The van der Waals surface area contributed by atoms with Gasteiger partial charge in [-0.25, -0.2) is 0 Å². The third-order valence-electron chi connectivity index (χ3n) is 1.97. The van der Waals surface area contributed by atoms with Gasteiger partial charge in [0, 0.05) is 52.7 Å². The standard InChI is InChI=1S/C8H15NO3.Y/c1-5(6(2)8(11)12)7(10)9(3)4;/h5-6H,1-4H3,(H,11,12);. The summed E-state index contributed by atoms with van der Waals surface area (Å²) >= 11 is 0. The Labute approximate surface area is 104 Å². The summed E-state index contributed by atoms with van der Waals surface area (Å²) in [4.78, 5) is 23.2. The van der Waals surface area contributed by atoms with Gasteiger partial charge in [0.2, 0.25) is 5.91 Å². The molecule has 0 aliphatic carbocycles. The summed E-state index contributed by atoms with van der Waals surface area (Å²) < 4.78 is 0. The van der Waals surface area contributed by atoms with Crippen molar-refractivity contribution in [2.75, 3.05) is 14.1 Å². The Morgan fingerprint density at radius 1 is 1.15 bits per heavy atom. The molecule has 0 aromatic carbocycles. The molecule has 2 atom stereocenters. The van der Waals surface area contributed by atoms with Gasteiger partial charge in [0.1, 0.15) is 0 Å². The molecule has 73 valence electrons. The minimum atomic E-state index is -0.933. The van der Waals surface area contributed by atoms with E-state index in [0.717, 1.165) is 0 Å². The van der Waals surface area contributed by atoms with E-state index < -0.39 is 17.8 Å². The average Bonchev–Trinajstić information content (AvgIpc) is 2.00. The zero-order valence-corrected chi connectivity index (χ0v) is 11.3. The summed E-state index contributed by atoms with van der Waals surface area (Å²) in [7, 11) is 3.24. The number of carbonyl (C=O) groups is 2. The van der Waals surface area contributed by atoms with Gasteiger partial charge in [-0.2, -0.15) is 0 Å². The number of rotatable bonds is 3. The van der Waals surface area contributed by atoms with Crippen molar-refractivity contribution in [3.63, 3.8) is 0 Å². The molecule has 0 aliphatic heterocycles. The second kappa shape index (κ2) is 6.49. The Morgan fingerprint density at radius 3 is 1.77 bits per heavy atom. The molecule has 1 radical (unpaired) electrons. The fraction of sp³-hybridized carbons (Fsp3) is 0.750. The average molecular weight is 262 g/mol. The van der Waals surface area contributed by atoms with Crippen molar-refractivity contribution in [2.24, 2.45) is 11.8 Å². The van der Waals surface area contributed by atoms with E-state index >= 15 is 0 Å². The third kappa shape index (κ3) is 4.72. The van der Waals surface area contributed by atoms with Gasteiger partial charge in [-0.3, -0.25) is 9.59 Å². The topological polar surface area (TPSA) is 57.6 Å². The van der Waals surface area contributed by atoms with E-state index in [0.29, 0.717) is 0 Å². The van der Waals surface area contributed by atoms with E-state index in [1.54, 1.807) is 21.0 Å². The van der Waals surface area contributed by atoms with Crippen molar-refractivity contribution >= 4 is 11.9 Å². The summed E-state index contributed by atoms with van der Waals surface area (Å²) in [5.74, 6) is -2.17. The number of carboxylic acids is 1. The Bertz CT molecular complexity index is 194. The van der Waals surface area contributed by atoms with Crippen LogP contribution in [0.15, 0.2) is 0 Å². The fourth-order valence-corrected chi connectivity index (χ4v) is 0.835. The number of aliphatic carboxylic acids is 1. The first-order chi connectivity index (χ1) is 5.37. The maximum Gasteiger partial charge on any atom is 0.307 e. The molecular formula is C8H15NO3Y. The van der Waals surface area contributed by atoms with E-state index in [1.807, 2.05) is 0 Å². The molecule has 0 fully saturated rings. The van der Waals surface area contributed by atoms with Gasteiger partial charge in [0.05, 0.1) is 5.92 Å². The molecule has 0 bridgehead atoms. The number of carboxylic acid groups (broad SMARTS) is 1. The molecule has 0 saturated heterocycles. The molecule has 4 nitrogen and oxygen atoms in total. The first kappa shape index (κ1) is 15.5. The molecule has 0 spiro atoms. The first-order valence-electron chi connectivity index (χ1n) is 3.82. The Morgan fingerprint density at radius 2 is 1.54 bits per heavy atom. The molecular weight excluding hydrogens is 247 g/mol. The monoisotopic (exact) mass is 262 g/mol. The van der Waals surface area contributed by atoms with Crippen molar-refractivity contribution in [3.05, 3.63) is 0 Å². The van der Waals surface area contributed by atoms with Gasteiger partial charge in [-0.1, -0.05) is 13.8 Å². The maximum atomic E-state index is 11.3. The van der Waals surface area contributed by atoms with E-state index in [4.69, 9.17) is 5.11 Å². The molecule has 2 unspecified atom stereocenters. The smallest absolute Gasteiger partial charge is 0.307 e. The SMILES string of the molecule is CC(C(=O)O)C(C)C(=O)N(C)C.[Y]. The summed E-state index contributed by atoms with van der Waals surface area (Å²) in [5.41, 5.74) is 0. The van der Waals surface area contributed by atoms with Crippen LogP contribution in [0.25, 0.3) is 0 Å². The van der Waals surface area contributed by atoms with Crippen LogP contribution in [0.1, 0.15) is 13.8 Å². The van der Waals surface area contributed by atoms with Crippen molar-refractivity contribution in [1.29, 1.82) is 0 Å². The summed E-state index contributed by atoms with van der Waals surface area (Å²) in [6.45, 7) is 3.16. The van der Waals surface area contributed by atoms with Gasteiger partial charge < -0.3 is 10.0 Å². The molecule has 1 amide bonds. The predicted molar refractivity (Wildman–Crippen MR) is 44.7 cm³/mol. The van der Waals surface area contributed by atoms with Gasteiger partial charge in [0.15, 0.2) is 0 Å². The van der Waals surface area contributed by atoms with E-state index in [1.165, 1.54) is 11.8 Å². The van der Waals surface area contributed by atoms with Crippen molar-refractivity contribution < 1.29 is 47.4 Å². The summed E-state index contributed by atoms with van der Waals surface area (Å²) in [6.07, 6.45) is 0. The quantitative estimate of drug-likeness (QED) is 0.802. The summed E-state index contributed by atoms with van der Waals surface area (Å²) in [6, 6.07) is 0. The van der Waals surface area contributed by atoms with Gasteiger partial charge in [0.25, 0.3) is 0 Å². The minimum absolute atomic E-state index is 0. The largest absolute Gasteiger partial charge is 0.481 e. The van der Waals surface area contributed by atoms with E-state index in [2.05, 4.69) is 0 Å². The zero-order chi connectivity index (χ0) is 9.89. The first-order valence-corrected chi connectivity index (χ1v) is 3.82. The number of amides is 1. The molecule has 0 aromatic rings. The number of hydrogen-bond acceptors (Lipinski definition) is 2. The number of hydrogen-bond donors (Lipinski definition) is 1. The van der Waals surface area contributed by atoms with Crippen LogP contribution in [0.5, 0.6) is 0 Å². The van der Waals surface area contributed by atoms with Crippen LogP contribution in [0.2, 0.25) is 0 Å². The molecule has 0 rings (SSSR count). The molecule has 0 aliphatic rings. The van der Waals surface area contributed by atoms with Crippen molar-refractivity contribution in [1.82, 2.24) is 4.90 Å². The molecule has 13 heavy (non-hydrogen) atoms. The van der Waals surface area contributed by atoms with Gasteiger partial charge in [-0.05, 0) is 0 Å². The third-order valence-corrected chi connectivity index (χ3v) is 1.97. The minimum Gasteiger partial charge on any atom is -0.481 e. The van der Waals surface area contributed by atoms with Crippen LogP contribution >= 0.6 is 0 Å². The van der Waals surface area contributed by atoms with Crippen LogP contribution in [0.4, 0.5) is 0 Å². The summed E-state index contributed by atoms with van der Waals surface area (Å²) in [5, 5.41) is 8.61. The Balaban J connectivity index is 0. The second-order valence-corrected chi connectivity index (χ2v) is 3.15. The van der Waals surface area contributed by atoms with Crippen LogP contribution in [0.3, 0.4) is 0 Å². The molecule has 0 aromatic heterocycles. The van der Waals surface area contributed by atoms with Gasteiger partial charge >= 0.3 is 5.97 Å². The fourth-order valence-electron chi connectivity index (χ4n) is 0.835. The Hall–Kier alpha value is 0.0439. The second-order valence-electron chi connectivity index (χ2n) is 3.15. The maximum absolute atomic E-state index is 11.3. The van der Waals surface area contributed by atoms with Crippen molar-refractivity contribution in [2.45, 2.75) is 13.8 Å². The van der Waals surface area contributed by atoms with Crippen LogP contribution in [-0.2, 0) is 42.3 Å². The van der Waals surface area contributed by atoms with Crippen LogP contribution in [-0.4, -0.2) is 36.0 Å². The van der Waals surface area contributed by atoms with E-state index in [9.17, 15) is 9.59 Å². The van der Waals surface area contributed by atoms with Crippen LogP contribution < -0.4 is 0 Å². The zero-order valence-electron chi connectivity index (χ0n) is 8.44. The molecule has 0 heterocycles. The normalized spacial score (nSPS) is 13.8. The van der Waals surface area contributed by atoms with Crippen molar-refractivity contribution in [3.8, 4) is 0 Å².